The lowest BCUT2D eigenvalue weighted by molar-refractivity contribution is 0.0946. The highest BCUT2D eigenvalue weighted by Crippen LogP contribution is 2.13. The number of carbonyl (C=O) groups excluding carboxylic acids is 1. The predicted octanol–water partition coefficient (Wildman–Crippen LogP) is 1.75. The van der Waals surface area contributed by atoms with E-state index in [1.165, 1.54) is 10.7 Å². The SMILES string of the molecule is Cc1cc(C(=O)NCCn2nc(-c3ccccc3)ccc2=O)nc(C)n1. The molecular formula is C19H19N5O2. The van der Waals surface area contributed by atoms with Gasteiger partial charge in [-0.15, -0.1) is 0 Å². The molecule has 7 heteroatoms. The summed E-state index contributed by atoms with van der Waals surface area (Å²) in [7, 11) is 0. The number of benzene rings is 1. The highest BCUT2D eigenvalue weighted by molar-refractivity contribution is 5.92. The summed E-state index contributed by atoms with van der Waals surface area (Å²) in [5.41, 5.74) is 2.47. The van der Waals surface area contributed by atoms with Crippen molar-refractivity contribution in [2.75, 3.05) is 6.54 Å². The second-order valence-electron chi connectivity index (χ2n) is 5.84. The van der Waals surface area contributed by atoms with Crippen molar-refractivity contribution in [3.05, 3.63) is 76.1 Å². The van der Waals surface area contributed by atoms with Crippen molar-refractivity contribution < 1.29 is 4.79 Å². The summed E-state index contributed by atoms with van der Waals surface area (Å²) in [5, 5.41) is 7.13. The minimum atomic E-state index is -0.300. The van der Waals surface area contributed by atoms with E-state index in [-0.39, 0.29) is 24.6 Å². The second-order valence-corrected chi connectivity index (χ2v) is 5.84. The summed E-state index contributed by atoms with van der Waals surface area (Å²) in [4.78, 5) is 32.5. The average molecular weight is 349 g/mol. The maximum absolute atomic E-state index is 12.2. The van der Waals surface area contributed by atoms with Crippen molar-refractivity contribution in [2.45, 2.75) is 20.4 Å². The number of hydrogen-bond acceptors (Lipinski definition) is 5. The van der Waals surface area contributed by atoms with Crippen molar-refractivity contribution in [3.63, 3.8) is 0 Å². The van der Waals surface area contributed by atoms with E-state index >= 15 is 0 Å². The normalized spacial score (nSPS) is 10.5. The molecule has 0 spiro atoms. The highest BCUT2D eigenvalue weighted by Gasteiger charge is 2.09. The number of nitrogens with one attached hydrogen (secondary N) is 1. The third kappa shape index (κ3) is 4.18. The summed E-state index contributed by atoms with van der Waals surface area (Å²) < 4.78 is 1.35. The van der Waals surface area contributed by atoms with Crippen LogP contribution in [0.2, 0.25) is 0 Å². The minimum Gasteiger partial charge on any atom is -0.349 e. The quantitative estimate of drug-likeness (QED) is 0.758. The van der Waals surface area contributed by atoms with Crippen LogP contribution in [0.4, 0.5) is 0 Å². The van der Waals surface area contributed by atoms with Crippen molar-refractivity contribution in [2.24, 2.45) is 0 Å². The first-order valence-electron chi connectivity index (χ1n) is 8.27. The van der Waals surface area contributed by atoms with Gasteiger partial charge in [0.05, 0.1) is 12.2 Å². The highest BCUT2D eigenvalue weighted by atomic mass is 16.2. The van der Waals surface area contributed by atoms with Gasteiger partial charge in [0.25, 0.3) is 11.5 Å². The van der Waals surface area contributed by atoms with Gasteiger partial charge in [-0.05, 0) is 26.0 Å². The molecule has 2 heterocycles. The van der Waals surface area contributed by atoms with E-state index in [0.717, 1.165) is 11.3 Å². The van der Waals surface area contributed by atoms with Crippen LogP contribution in [-0.2, 0) is 6.54 Å². The van der Waals surface area contributed by atoms with E-state index in [4.69, 9.17) is 0 Å². The Balaban J connectivity index is 1.68. The first-order chi connectivity index (χ1) is 12.5. The van der Waals surface area contributed by atoms with E-state index < -0.39 is 0 Å². The summed E-state index contributed by atoms with van der Waals surface area (Å²) in [6.07, 6.45) is 0. The molecular weight excluding hydrogens is 330 g/mol. The van der Waals surface area contributed by atoms with Crippen LogP contribution in [0.5, 0.6) is 0 Å². The van der Waals surface area contributed by atoms with Crippen molar-refractivity contribution in [1.82, 2.24) is 25.1 Å². The molecule has 0 unspecified atom stereocenters. The number of aryl methyl sites for hydroxylation is 2. The topological polar surface area (TPSA) is 89.8 Å². The van der Waals surface area contributed by atoms with Gasteiger partial charge in [0.2, 0.25) is 0 Å². The van der Waals surface area contributed by atoms with Crippen LogP contribution in [0.3, 0.4) is 0 Å². The third-order valence-corrected chi connectivity index (χ3v) is 3.74. The number of rotatable bonds is 5. The smallest absolute Gasteiger partial charge is 0.270 e. The first kappa shape index (κ1) is 17.5. The number of amides is 1. The Labute approximate surface area is 150 Å². The zero-order valence-corrected chi connectivity index (χ0v) is 14.6. The largest absolute Gasteiger partial charge is 0.349 e. The van der Waals surface area contributed by atoms with Gasteiger partial charge >= 0.3 is 0 Å². The van der Waals surface area contributed by atoms with E-state index in [2.05, 4.69) is 20.4 Å². The first-order valence-corrected chi connectivity index (χ1v) is 8.27. The lowest BCUT2D eigenvalue weighted by Gasteiger charge is -2.09. The molecule has 0 aliphatic rings. The number of hydrogen-bond donors (Lipinski definition) is 1. The van der Waals surface area contributed by atoms with Gasteiger partial charge < -0.3 is 5.32 Å². The van der Waals surface area contributed by atoms with Crippen LogP contribution in [0.25, 0.3) is 11.3 Å². The molecule has 132 valence electrons. The molecule has 3 rings (SSSR count). The molecule has 1 amide bonds. The molecule has 0 bridgehead atoms. The molecule has 0 aliphatic carbocycles. The Morgan fingerprint density at radius 3 is 2.58 bits per heavy atom. The molecule has 2 aromatic heterocycles. The van der Waals surface area contributed by atoms with Gasteiger partial charge in [-0.25, -0.2) is 14.6 Å². The van der Waals surface area contributed by atoms with Crippen LogP contribution in [-0.4, -0.2) is 32.2 Å². The van der Waals surface area contributed by atoms with Gasteiger partial charge in [-0.2, -0.15) is 5.10 Å². The number of aromatic nitrogens is 4. The Morgan fingerprint density at radius 1 is 1.08 bits per heavy atom. The standard InChI is InChI=1S/C19H19N5O2/c1-13-12-17(22-14(2)21-13)19(26)20-10-11-24-18(25)9-8-16(23-24)15-6-4-3-5-7-15/h3-9,12H,10-11H2,1-2H3,(H,20,26). The maximum atomic E-state index is 12.2. The Kier molecular flexibility index (Phi) is 5.17. The predicted molar refractivity (Wildman–Crippen MR) is 97.8 cm³/mol. The van der Waals surface area contributed by atoms with Crippen LogP contribution in [0, 0.1) is 13.8 Å². The Bertz CT molecular complexity index is 962. The molecule has 0 fully saturated rings. The lowest BCUT2D eigenvalue weighted by atomic mass is 10.1. The Morgan fingerprint density at radius 2 is 1.85 bits per heavy atom. The molecule has 0 atom stereocenters. The fourth-order valence-corrected chi connectivity index (χ4v) is 2.57. The van der Waals surface area contributed by atoms with Gasteiger partial charge in [-0.1, -0.05) is 30.3 Å². The van der Waals surface area contributed by atoms with Crippen LogP contribution in [0.1, 0.15) is 22.0 Å². The van der Waals surface area contributed by atoms with E-state index in [1.54, 1.807) is 19.1 Å². The van der Waals surface area contributed by atoms with Crippen LogP contribution < -0.4 is 10.9 Å². The summed E-state index contributed by atoms with van der Waals surface area (Å²) in [6, 6.07) is 14.4. The zero-order chi connectivity index (χ0) is 18.5. The van der Waals surface area contributed by atoms with E-state index in [1.807, 2.05) is 37.3 Å². The van der Waals surface area contributed by atoms with Crippen LogP contribution in [0.15, 0.2) is 53.3 Å². The Hall–Kier alpha value is -3.35. The maximum Gasteiger partial charge on any atom is 0.270 e. The van der Waals surface area contributed by atoms with Gasteiger partial charge in [0.1, 0.15) is 11.5 Å². The fraction of sp³-hybridized carbons (Fsp3) is 0.211. The molecule has 26 heavy (non-hydrogen) atoms. The molecule has 0 radical (unpaired) electrons. The minimum absolute atomic E-state index is 0.215. The van der Waals surface area contributed by atoms with Gasteiger partial charge in [0.15, 0.2) is 0 Å². The van der Waals surface area contributed by atoms with E-state index in [9.17, 15) is 9.59 Å². The van der Waals surface area contributed by atoms with Crippen LogP contribution >= 0.6 is 0 Å². The summed E-state index contributed by atoms with van der Waals surface area (Å²) >= 11 is 0. The lowest BCUT2D eigenvalue weighted by Crippen LogP contribution is -2.32. The molecule has 0 saturated heterocycles. The summed E-state index contributed by atoms with van der Waals surface area (Å²) in [5.74, 6) is 0.245. The van der Waals surface area contributed by atoms with Crippen molar-refractivity contribution in [3.8, 4) is 11.3 Å². The van der Waals surface area contributed by atoms with Gasteiger partial charge in [0, 0.05) is 23.9 Å². The molecule has 7 nitrogen and oxygen atoms in total. The number of nitrogens with zero attached hydrogens (tertiary/aromatic N) is 4. The molecule has 1 N–H and O–H groups in total. The molecule has 1 aromatic carbocycles. The average Bonchev–Trinajstić information content (AvgIpc) is 2.63. The van der Waals surface area contributed by atoms with Gasteiger partial charge in [-0.3, -0.25) is 9.59 Å². The summed E-state index contributed by atoms with van der Waals surface area (Å²) in [6.45, 7) is 4.09. The van der Waals surface area contributed by atoms with Crippen molar-refractivity contribution in [1.29, 1.82) is 0 Å². The fourth-order valence-electron chi connectivity index (χ4n) is 2.57. The van der Waals surface area contributed by atoms with E-state index in [0.29, 0.717) is 17.2 Å². The second kappa shape index (κ2) is 7.69. The molecule has 0 saturated carbocycles. The molecule has 0 aliphatic heterocycles. The van der Waals surface area contributed by atoms with Crippen molar-refractivity contribution >= 4 is 5.91 Å². The third-order valence-electron chi connectivity index (χ3n) is 3.74. The monoisotopic (exact) mass is 349 g/mol. The zero-order valence-electron chi connectivity index (χ0n) is 14.6. The number of carbonyl (C=O) groups is 1. The molecule has 3 aromatic rings.